The van der Waals surface area contributed by atoms with Crippen LogP contribution in [0.25, 0.3) is 0 Å². The summed E-state index contributed by atoms with van der Waals surface area (Å²) in [5, 5.41) is 0. The summed E-state index contributed by atoms with van der Waals surface area (Å²) in [7, 11) is 1.67. The largest absolute Gasteiger partial charge is 0.497 e. The summed E-state index contributed by atoms with van der Waals surface area (Å²) in [5.74, 6) is 1.27. The number of hydrogen-bond acceptors (Lipinski definition) is 5. The third-order valence-electron chi connectivity index (χ3n) is 8.62. The zero-order valence-corrected chi connectivity index (χ0v) is 19.8. The normalized spacial score (nSPS) is 38.5. The maximum absolute atomic E-state index is 11.9. The Morgan fingerprint density at radius 2 is 1.94 bits per heavy atom. The summed E-state index contributed by atoms with van der Waals surface area (Å²) >= 11 is 0. The number of carbonyl (C=O) groups excluding carboxylic acids is 1. The minimum atomic E-state index is -0.340. The lowest BCUT2D eigenvalue weighted by Crippen LogP contribution is -2.60. The Hall–Kier alpha value is -2.37. The second kappa shape index (κ2) is 8.44. The van der Waals surface area contributed by atoms with E-state index in [1.54, 1.807) is 7.11 Å². The number of esters is 1. The van der Waals surface area contributed by atoms with Gasteiger partial charge in [-0.1, -0.05) is 50.3 Å². The van der Waals surface area contributed by atoms with E-state index in [2.05, 4.69) is 26.5 Å². The lowest BCUT2D eigenvalue weighted by atomic mass is 9.46. The average Bonchev–Trinajstić information content (AvgIpc) is 3.22. The van der Waals surface area contributed by atoms with E-state index in [4.69, 9.17) is 18.9 Å². The summed E-state index contributed by atoms with van der Waals surface area (Å²) in [6, 6.07) is 7.95. The van der Waals surface area contributed by atoms with E-state index in [0.717, 1.165) is 37.0 Å². The minimum Gasteiger partial charge on any atom is -0.497 e. The van der Waals surface area contributed by atoms with Gasteiger partial charge in [-0.2, -0.15) is 0 Å². The smallest absolute Gasteiger partial charge is 0.338 e. The molecule has 5 heteroatoms. The molecule has 0 amide bonds. The summed E-state index contributed by atoms with van der Waals surface area (Å²) in [6.45, 7) is 10.2. The van der Waals surface area contributed by atoms with Crippen LogP contribution >= 0.6 is 0 Å². The molecule has 1 aromatic rings. The molecule has 4 aliphatic rings. The SMILES string of the molecule is C=C1CC[C@@H]2[C@]3(C)CO[C@@H](c4ccc(OC)cc4)O[C@@H]3CC[C@@]2(C)[C@@H]1/C=C/C1=CCOC1=O. The Morgan fingerprint density at radius 3 is 2.64 bits per heavy atom. The molecule has 0 N–H and O–H groups in total. The van der Waals surface area contributed by atoms with Crippen molar-refractivity contribution in [3.8, 4) is 5.75 Å². The highest BCUT2D eigenvalue weighted by Crippen LogP contribution is 2.63. The number of benzene rings is 1. The van der Waals surface area contributed by atoms with Gasteiger partial charge in [-0.15, -0.1) is 0 Å². The van der Waals surface area contributed by atoms with Gasteiger partial charge in [-0.25, -0.2) is 4.79 Å². The number of cyclic esters (lactones) is 1. The highest BCUT2D eigenvalue weighted by molar-refractivity contribution is 5.93. The summed E-state index contributed by atoms with van der Waals surface area (Å²) < 4.78 is 23.3. The Labute approximate surface area is 196 Å². The predicted molar refractivity (Wildman–Crippen MR) is 126 cm³/mol. The number of allylic oxidation sites excluding steroid dienone is 2. The standard InChI is InChI=1S/C28H34O5/c1-18-5-12-23-27(2,22(18)11-8-19-14-16-31-25(19)29)15-13-24-28(23,3)17-32-26(33-24)20-6-9-21(30-4)10-7-20/h6-11,14,22-24,26H,1,5,12-13,15-17H2,2-4H3/b11-8+/t22-,23+,24-,26-,27+,28+/m1/s1. The van der Waals surface area contributed by atoms with E-state index in [1.165, 1.54) is 5.57 Å². The fourth-order valence-electron chi connectivity index (χ4n) is 6.77. The molecule has 33 heavy (non-hydrogen) atoms. The van der Waals surface area contributed by atoms with Crippen LogP contribution in [0.2, 0.25) is 0 Å². The Kier molecular flexibility index (Phi) is 5.74. The van der Waals surface area contributed by atoms with Gasteiger partial charge >= 0.3 is 5.97 Å². The van der Waals surface area contributed by atoms with Gasteiger partial charge in [0.05, 0.1) is 25.4 Å². The number of fused-ring (bicyclic) bond motifs is 3. The van der Waals surface area contributed by atoms with Crippen molar-refractivity contribution in [1.29, 1.82) is 0 Å². The van der Waals surface area contributed by atoms with Gasteiger partial charge in [0.25, 0.3) is 0 Å². The molecule has 0 unspecified atom stereocenters. The molecule has 2 aliphatic carbocycles. The minimum absolute atomic E-state index is 0.0554. The molecular formula is C28H34O5. The Morgan fingerprint density at radius 1 is 1.15 bits per heavy atom. The molecule has 2 aliphatic heterocycles. The van der Waals surface area contributed by atoms with Crippen molar-refractivity contribution in [3.63, 3.8) is 0 Å². The number of rotatable bonds is 4. The Balaban J connectivity index is 1.37. The van der Waals surface area contributed by atoms with Gasteiger partial charge in [-0.05, 0) is 55.2 Å². The molecular weight excluding hydrogens is 416 g/mol. The average molecular weight is 451 g/mol. The van der Waals surface area contributed by atoms with Gasteiger partial charge < -0.3 is 18.9 Å². The van der Waals surface area contributed by atoms with E-state index in [-0.39, 0.29) is 35.1 Å². The van der Waals surface area contributed by atoms with Gasteiger partial charge in [0.1, 0.15) is 12.4 Å². The molecule has 2 heterocycles. The first kappa shape index (κ1) is 22.4. The van der Waals surface area contributed by atoms with E-state index < -0.39 is 0 Å². The van der Waals surface area contributed by atoms with Crippen LogP contribution in [-0.2, 0) is 19.0 Å². The molecule has 2 saturated carbocycles. The van der Waals surface area contributed by atoms with Crippen LogP contribution < -0.4 is 4.74 Å². The molecule has 6 atom stereocenters. The first-order chi connectivity index (χ1) is 15.8. The van der Waals surface area contributed by atoms with Crippen LogP contribution in [-0.4, -0.2) is 32.4 Å². The van der Waals surface area contributed by atoms with Crippen LogP contribution in [0.1, 0.15) is 51.4 Å². The third kappa shape index (κ3) is 3.75. The Bertz CT molecular complexity index is 992. The predicted octanol–water partition coefficient (Wildman–Crippen LogP) is 5.54. The fourth-order valence-corrected chi connectivity index (χ4v) is 6.77. The summed E-state index contributed by atoms with van der Waals surface area (Å²) in [4.78, 5) is 11.9. The fraction of sp³-hybridized carbons (Fsp3) is 0.536. The third-order valence-corrected chi connectivity index (χ3v) is 8.62. The van der Waals surface area contributed by atoms with Gasteiger partial charge in [0, 0.05) is 16.9 Å². The van der Waals surface area contributed by atoms with E-state index >= 15 is 0 Å². The van der Waals surface area contributed by atoms with Crippen molar-refractivity contribution in [2.45, 2.75) is 51.9 Å². The second-order valence-electron chi connectivity index (χ2n) is 10.4. The number of methoxy groups -OCH3 is 1. The van der Waals surface area contributed by atoms with Gasteiger partial charge in [-0.3, -0.25) is 0 Å². The van der Waals surface area contributed by atoms with E-state index in [0.29, 0.717) is 24.7 Å². The number of carbonyl (C=O) groups is 1. The lowest BCUT2D eigenvalue weighted by Gasteiger charge is -2.62. The maximum Gasteiger partial charge on any atom is 0.338 e. The van der Waals surface area contributed by atoms with Crippen LogP contribution in [0.4, 0.5) is 0 Å². The number of ether oxygens (including phenoxy) is 4. The van der Waals surface area contributed by atoms with Crippen molar-refractivity contribution < 1.29 is 23.7 Å². The molecule has 1 aromatic carbocycles. The van der Waals surface area contributed by atoms with Crippen molar-refractivity contribution in [2.24, 2.45) is 22.7 Å². The van der Waals surface area contributed by atoms with Gasteiger partial charge in [0.15, 0.2) is 6.29 Å². The quantitative estimate of drug-likeness (QED) is 0.445. The highest BCUT2D eigenvalue weighted by atomic mass is 16.7. The van der Waals surface area contributed by atoms with Gasteiger partial charge in [0.2, 0.25) is 0 Å². The van der Waals surface area contributed by atoms with Crippen molar-refractivity contribution in [2.75, 3.05) is 20.3 Å². The summed E-state index contributed by atoms with van der Waals surface area (Å²) in [5.41, 5.74) is 2.93. The maximum atomic E-state index is 11.9. The molecule has 3 fully saturated rings. The van der Waals surface area contributed by atoms with Crippen LogP contribution in [0, 0.1) is 22.7 Å². The second-order valence-corrected chi connectivity index (χ2v) is 10.4. The van der Waals surface area contributed by atoms with Crippen LogP contribution in [0.5, 0.6) is 5.75 Å². The molecule has 5 rings (SSSR count). The van der Waals surface area contributed by atoms with E-state index in [1.807, 2.05) is 36.4 Å². The van der Waals surface area contributed by atoms with Crippen molar-refractivity contribution in [1.82, 2.24) is 0 Å². The van der Waals surface area contributed by atoms with Crippen molar-refractivity contribution >= 4 is 5.97 Å². The molecule has 1 saturated heterocycles. The topological polar surface area (TPSA) is 54.0 Å². The molecule has 0 aromatic heterocycles. The lowest BCUT2D eigenvalue weighted by molar-refractivity contribution is -0.306. The molecule has 176 valence electrons. The first-order valence-electron chi connectivity index (χ1n) is 12.0. The van der Waals surface area contributed by atoms with E-state index in [9.17, 15) is 4.79 Å². The molecule has 0 spiro atoms. The summed E-state index contributed by atoms with van der Waals surface area (Å²) in [6.07, 6.45) is 9.94. The van der Waals surface area contributed by atoms with Crippen molar-refractivity contribution in [3.05, 3.63) is 65.8 Å². The zero-order chi connectivity index (χ0) is 23.2. The molecule has 5 nitrogen and oxygen atoms in total. The first-order valence-corrected chi connectivity index (χ1v) is 12.0. The van der Waals surface area contributed by atoms with Crippen LogP contribution in [0.15, 0.2) is 60.2 Å². The zero-order valence-electron chi connectivity index (χ0n) is 19.8. The highest BCUT2D eigenvalue weighted by Gasteiger charge is 2.60. The molecule has 0 radical (unpaired) electrons. The number of hydrogen-bond donors (Lipinski definition) is 0. The molecule has 0 bridgehead atoms. The monoisotopic (exact) mass is 450 g/mol. The van der Waals surface area contributed by atoms with Crippen LogP contribution in [0.3, 0.4) is 0 Å².